The second kappa shape index (κ2) is 4.64. The van der Waals surface area contributed by atoms with Gasteiger partial charge in [0.2, 0.25) is 0 Å². The Kier molecular flexibility index (Phi) is 3.44. The molecule has 12 heavy (non-hydrogen) atoms. The predicted octanol–water partition coefficient (Wildman–Crippen LogP) is 2.27. The number of aliphatic hydroxyl groups excluding tert-OH is 1. The molecule has 1 aliphatic carbocycles. The first kappa shape index (κ1) is 8.90. The molecule has 0 spiro atoms. The summed E-state index contributed by atoms with van der Waals surface area (Å²) in [7, 11) is 0. The minimum absolute atomic E-state index is 0.0791. The molecular weight excluding hydrogens is 158 g/mol. The molecule has 0 aromatic rings. The summed E-state index contributed by atoms with van der Waals surface area (Å²) in [6, 6.07) is 0. The molecule has 5 nitrogen and oxygen atoms in total. The lowest BCUT2D eigenvalue weighted by Crippen LogP contribution is -2.15. The first-order valence-corrected chi connectivity index (χ1v) is 3.83. The van der Waals surface area contributed by atoms with Gasteiger partial charge in [0, 0.05) is 11.3 Å². The average Bonchev–Trinajstić information content (AvgIpc) is 2.09. The summed E-state index contributed by atoms with van der Waals surface area (Å²) >= 11 is 0. The number of azide groups is 1. The maximum Gasteiger partial charge on any atom is 0.126 e. The van der Waals surface area contributed by atoms with E-state index in [2.05, 4.69) is 10.0 Å². The van der Waals surface area contributed by atoms with Gasteiger partial charge >= 0.3 is 0 Å². The highest BCUT2D eigenvalue weighted by Gasteiger charge is 2.13. The van der Waals surface area contributed by atoms with Crippen molar-refractivity contribution < 1.29 is 9.84 Å². The van der Waals surface area contributed by atoms with E-state index in [1.165, 1.54) is 0 Å². The van der Waals surface area contributed by atoms with Gasteiger partial charge in [-0.05, 0) is 24.4 Å². The second-order valence-electron chi connectivity index (χ2n) is 2.62. The van der Waals surface area contributed by atoms with Crippen molar-refractivity contribution in [1.29, 1.82) is 0 Å². The Bertz CT molecular complexity index is 221. The molecular formula is C7H11N3O2. The maximum absolute atomic E-state index is 9.02. The monoisotopic (exact) mass is 169 g/mol. The third-order valence-electron chi connectivity index (χ3n) is 1.77. The van der Waals surface area contributed by atoms with Crippen LogP contribution < -0.4 is 0 Å². The summed E-state index contributed by atoms with van der Waals surface area (Å²) in [5.41, 5.74) is 7.96. The van der Waals surface area contributed by atoms with Crippen molar-refractivity contribution in [3.8, 4) is 0 Å². The molecule has 1 N–H and O–H groups in total. The van der Waals surface area contributed by atoms with E-state index in [0.29, 0.717) is 18.6 Å². The van der Waals surface area contributed by atoms with E-state index in [1.54, 1.807) is 6.08 Å². The van der Waals surface area contributed by atoms with Gasteiger partial charge < -0.3 is 9.84 Å². The smallest absolute Gasteiger partial charge is 0.126 e. The number of aliphatic hydroxyl groups is 1. The zero-order chi connectivity index (χ0) is 8.81. The quantitative estimate of drug-likeness (QED) is 0.399. The predicted molar refractivity (Wildman–Crippen MR) is 43.4 cm³/mol. The van der Waals surface area contributed by atoms with E-state index < -0.39 is 0 Å². The lowest BCUT2D eigenvalue weighted by molar-refractivity contribution is 0.0473. The summed E-state index contributed by atoms with van der Waals surface area (Å²) in [5, 5.41) is 12.3. The van der Waals surface area contributed by atoms with Crippen molar-refractivity contribution in [3.05, 3.63) is 22.3 Å². The van der Waals surface area contributed by atoms with Gasteiger partial charge in [-0.1, -0.05) is 5.11 Å². The summed E-state index contributed by atoms with van der Waals surface area (Å²) in [6.07, 6.45) is 3.98. The number of hydrogen-bond donors (Lipinski definition) is 1. The van der Waals surface area contributed by atoms with Crippen LogP contribution in [-0.4, -0.2) is 17.9 Å². The highest BCUT2D eigenvalue weighted by Crippen LogP contribution is 2.18. The van der Waals surface area contributed by atoms with Crippen LogP contribution >= 0.6 is 0 Å². The minimum atomic E-state index is 0.0791. The first-order valence-electron chi connectivity index (χ1n) is 3.83. The van der Waals surface area contributed by atoms with Crippen LogP contribution in [0.15, 0.2) is 16.9 Å². The third kappa shape index (κ3) is 2.82. The summed E-state index contributed by atoms with van der Waals surface area (Å²) in [5.74, 6) is 0.429. The van der Waals surface area contributed by atoms with Gasteiger partial charge in [-0.2, -0.15) is 0 Å². The largest absolute Gasteiger partial charge is 0.513 e. The standard InChI is InChI=1S/C7H11N3O2/c8-10-9-5-12-7-3-1-6(11)2-4-7/h1,7,11H,2-5H2. The zero-order valence-electron chi connectivity index (χ0n) is 6.68. The molecule has 0 amide bonds. The van der Waals surface area contributed by atoms with Crippen molar-refractivity contribution in [2.45, 2.75) is 25.4 Å². The molecule has 0 aromatic carbocycles. The number of allylic oxidation sites excluding steroid dienone is 1. The second-order valence-corrected chi connectivity index (χ2v) is 2.62. The van der Waals surface area contributed by atoms with Gasteiger partial charge in [0.05, 0.1) is 11.9 Å². The van der Waals surface area contributed by atoms with E-state index in [0.717, 1.165) is 6.42 Å². The molecule has 0 fully saturated rings. The Morgan fingerprint density at radius 1 is 1.83 bits per heavy atom. The van der Waals surface area contributed by atoms with E-state index in [-0.39, 0.29) is 12.8 Å². The molecule has 0 aliphatic heterocycles. The Labute approximate surface area is 70.3 Å². The van der Waals surface area contributed by atoms with Crippen LogP contribution in [0.25, 0.3) is 10.4 Å². The molecule has 0 aromatic heterocycles. The van der Waals surface area contributed by atoms with Crippen LogP contribution in [0, 0.1) is 0 Å². The fourth-order valence-corrected chi connectivity index (χ4v) is 1.11. The molecule has 1 atom stereocenters. The minimum Gasteiger partial charge on any atom is -0.513 e. The lowest BCUT2D eigenvalue weighted by atomic mass is 10.0. The van der Waals surface area contributed by atoms with E-state index in [1.807, 2.05) is 0 Å². The molecule has 5 heteroatoms. The Hall–Kier alpha value is -1.19. The molecule has 66 valence electrons. The molecule has 0 bridgehead atoms. The molecule has 1 unspecified atom stereocenters. The SMILES string of the molecule is [N-]=[N+]=NCOC1CC=C(O)CC1. The van der Waals surface area contributed by atoms with Crippen LogP contribution in [-0.2, 0) is 4.74 Å². The van der Waals surface area contributed by atoms with Crippen molar-refractivity contribution in [1.82, 2.24) is 0 Å². The van der Waals surface area contributed by atoms with Crippen LogP contribution in [0.5, 0.6) is 0 Å². The summed E-state index contributed by atoms with van der Waals surface area (Å²) in [6.45, 7) is 0.0791. The van der Waals surface area contributed by atoms with Crippen molar-refractivity contribution >= 4 is 0 Å². The van der Waals surface area contributed by atoms with Crippen LogP contribution in [0.4, 0.5) is 0 Å². The average molecular weight is 169 g/mol. The summed E-state index contributed by atoms with van der Waals surface area (Å²) < 4.78 is 5.20. The topological polar surface area (TPSA) is 78.2 Å². The van der Waals surface area contributed by atoms with Crippen molar-refractivity contribution in [2.24, 2.45) is 5.11 Å². The van der Waals surface area contributed by atoms with Crippen molar-refractivity contribution in [3.63, 3.8) is 0 Å². The Morgan fingerprint density at radius 2 is 2.67 bits per heavy atom. The van der Waals surface area contributed by atoms with Gasteiger partial charge in [-0.3, -0.25) is 0 Å². The normalized spacial score (nSPS) is 22.7. The molecule has 0 heterocycles. The van der Waals surface area contributed by atoms with E-state index in [9.17, 15) is 0 Å². The Balaban J connectivity index is 2.22. The molecule has 0 saturated carbocycles. The van der Waals surface area contributed by atoms with Gasteiger partial charge in [0.15, 0.2) is 0 Å². The maximum atomic E-state index is 9.02. The number of hydrogen-bond acceptors (Lipinski definition) is 3. The van der Waals surface area contributed by atoms with Gasteiger partial charge in [-0.25, -0.2) is 0 Å². The lowest BCUT2D eigenvalue weighted by Gasteiger charge is -2.18. The van der Waals surface area contributed by atoms with Gasteiger partial charge in [0.25, 0.3) is 0 Å². The first-order chi connectivity index (χ1) is 5.83. The van der Waals surface area contributed by atoms with Crippen molar-refractivity contribution in [2.75, 3.05) is 6.73 Å². The van der Waals surface area contributed by atoms with Crippen LogP contribution in [0.1, 0.15) is 19.3 Å². The fraction of sp³-hybridized carbons (Fsp3) is 0.714. The van der Waals surface area contributed by atoms with Crippen LogP contribution in [0.2, 0.25) is 0 Å². The van der Waals surface area contributed by atoms with Gasteiger partial charge in [-0.15, -0.1) is 0 Å². The molecule has 1 aliphatic rings. The highest BCUT2D eigenvalue weighted by molar-refractivity contribution is 4.97. The Morgan fingerprint density at radius 3 is 3.25 bits per heavy atom. The van der Waals surface area contributed by atoms with E-state index >= 15 is 0 Å². The van der Waals surface area contributed by atoms with E-state index in [4.69, 9.17) is 15.4 Å². The zero-order valence-corrected chi connectivity index (χ0v) is 6.68. The number of ether oxygens (including phenoxy) is 1. The molecule has 1 rings (SSSR count). The summed E-state index contributed by atoms with van der Waals surface area (Å²) in [4.78, 5) is 2.57. The number of nitrogens with zero attached hydrogens (tertiary/aromatic N) is 3. The third-order valence-corrected chi connectivity index (χ3v) is 1.77. The van der Waals surface area contributed by atoms with Crippen LogP contribution in [0.3, 0.4) is 0 Å². The molecule has 0 saturated heterocycles. The fourth-order valence-electron chi connectivity index (χ4n) is 1.11. The highest BCUT2D eigenvalue weighted by atomic mass is 16.5. The number of rotatable bonds is 3. The van der Waals surface area contributed by atoms with Gasteiger partial charge in [0.1, 0.15) is 6.73 Å². The molecule has 0 radical (unpaired) electrons.